The number of thiophene rings is 1. The molecule has 4 aromatic rings. The van der Waals surface area contributed by atoms with Crippen molar-refractivity contribution in [1.29, 1.82) is 5.26 Å². The predicted molar refractivity (Wildman–Crippen MR) is 135 cm³/mol. The van der Waals surface area contributed by atoms with Gasteiger partial charge in [0.15, 0.2) is 5.78 Å². The molecule has 0 aliphatic heterocycles. The minimum Gasteiger partial charge on any atom is -0.512 e. The van der Waals surface area contributed by atoms with Crippen molar-refractivity contribution in [1.82, 2.24) is 4.98 Å². The molecular formula is C28H25IrN2O2S-. The first-order chi connectivity index (χ1) is 15.9. The summed E-state index contributed by atoms with van der Waals surface area (Å²) in [5, 5.41) is 20.1. The van der Waals surface area contributed by atoms with Gasteiger partial charge in [0.25, 0.3) is 0 Å². The van der Waals surface area contributed by atoms with Gasteiger partial charge in [-0.05, 0) is 86.2 Å². The van der Waals surface area contributed by atoms with Crippen molar-refractivity contribution in [2.24, 2.45) is 0 Å². The van der Waals surface area contributed by atoms with Gasteiger partial charge in [0.2, 0.25) is 0 Å². The van der Waals surface area contributed by atoms with Crippen LogP contribution in [-0.2, 0) is 37.7 Å². The van der Waals surface area contributed by atoms with Crippen LogP contribution in [0.3, 0.4) is 0 Å². The second-order valence-corrected chi connectivity index (χ2v) is 9.41. The summed E-state index contributed by atoms with van der Waals surface area (Å²) in [7, 11) is 0. The van der Waals surface area contributed by atoms with Crippen LogP contribution >= 0.6 is 11.3 Å². The predicted octanol–water partition coefficient (Wildman–Crippen LogP) is 7.01. The van der Waals surface area contributed by atoms with E-state index in [1.165, 1.54) is 76.9 Å². The maximum Gasteiger partial charge on any atom is 0.155 e. The van der Waals surface area contributed by atoms with Gasteiger partial charge in [0.1, 0.15) is 0 Å². The molecule has 0 atom stereocenters. The molecule has 2 aromatic heterocycles. The third-order valence-electron chi connectivity index (χ3n) is 5.88. The first-order valence-corrected chi connectivity index (χ1v) is 11.8. The zero-order chi connectivity index (χ0) is 23.5. The van der Waals surface area contributed by atoms with Crippen LogP contribution in [0.2, 0.25) is 0 Å². The van der Waals surface area contributed by atoms with Crippen LogP contribution in [0.1, 0.15) is 48.9 Å². The number of aromatic nitrogens is 1. The van der Waals surface area contributed by atoms with Gasteiger partial charge in [-0.15, -0.1) is 41.2 Å². The molecule has 1 N–H and O–H groups in total. The Bertz CT molecular complexity index is 1430. The number of aliphatic hydroxyl groups is 1. The fraction of sp³-hybridized carbons (Fsp3) is 0.250. The summed E-state index contributed by atoms with van der Waals surface area (Å²) in [6.07, 6.45) is 8.07. The number of nitriles is 1. The number of hydrogen-bond acceptors (Lipinski definition) is 5. The van der Waals surface area contributed by atoms with Crippen LogP contribution in [0.15, 0.2) is 48.4 Å². The minimum absolute atomic E-state index is 0. The molecule has 0 fully saturated rings. The van der Waals surface area contributed by atoms with Gasteiger partial charge in [-0.25, -0.2) is 5.26 Å². The smallest absolute Gasteiger partial charge is 0.155 e. The Kier molecular flexibility index (Phi) is 8.38. The molecule has 0 bridgehead atoms. The fourth-order valence-electron chi connectivity index (χ4n) is 4.48. The minimum atomic E-state index is -0.125. The number of carbonyl (C=O) groups excluding carboxylic acids is 1. The number of aryl methyl sites for hydroxylation is 2. The molecule has 6 heteroatoms. The van der Waals surface area contributed by atoms with Crippen molar-refractivity contribution in [2.75, 3.05) is 0 Å². The van der Waals surface area contributed by atoms with Crippen LogP contribution in [-0.4, -0.2) is 15.9 Å². The summed E-state index contributed by atoms with van der Waals surface area (Å²) in [6.45, 7) is 5.13. The molecule has 1 aliphatic carbocycles. The van der Waals surface area contributed by atoms with E-state index in [0.29, 0.717) is 5.56 Å². The molecule has 34 heavy (non-hydrogen) atoms. The largest absolute Gasteiger partial charge is 0.512 e. The van der Waals surface area contributed by atoms with Gasteiger partial charge in [-0.3, -0.25) is 4.79 Å². The summed E-state index contributed by atoms with van der Waals surface area (Å²) in [5.74, 6) is -0.0625. The van der Waals surface area contributed by atoms with Gasteiger partial charge in [-0.2, -0.15) is 0 Å². The molecular weight excluding hydrogens is 621 g/mol. The van der Waals surface area contributed by atoms with Crippen molar-refractivity contribution in [3.05, 3.63) is 76.7 Å². The van der Waals surface area contributed by atoms with Crippen LogP contribution in [0.5, 0.6) is 0 Å². The van der Waals surface area contributed by atoms with Crippen molar-refractivity contribution in [3.63, 3.8) is 0 Å². The second-order valence-electron chi connectivity index (χ2n) is 8.36. The van der Waals surface area contributed by atoms with Crippen LogP contribution in [0, 0.1) is 24.3 Å². The molecule has 2 heterocycles. The van der Waals surface area contributed by atoms with Crippen LogP contribution in [0.4, 0.5) is 0 Å². The number of benzene rings is 2. The Morgan fingerprint density at radius 2 is 2.00 bits per heavy atom. The van der Waals surface area contributed by atoms with Gasteiger partial charge < -0.3 is 10.1 Å². The molecule has 1 radical (unpaired) electrons. The van der Waals surface area contributed by atoms with Gasteiger partial charge in [0.05, 0.1) is 5.76 Å². The Hall–Kier alpha value is -2.84. The first-order valence-electron chi connectivity index (χ1n) is 11.0. The average Bonchev–Trinajstić information content (AvgIpc) is 3.17. The Balaban J connectivity index is 0.000000357. The number of rotatable bonds is 2. The molecule has 0 unspecified atom stereocenters. The SMILES string of the molecule is CC(=O)/C=C(/C)O.Cc1c2c(cc3sc4c(-c5[c-]cc(C#N)cc5)nccc4c13)CCCC2.[Ir]. The summed E-state index contributed by atoms with van der Waals surface area (Å²) >= 11 is 1.83. The number of aliphatic hydroxyl groups excluding tert-OH is 1. The molecule has 175 valence electrons. The summed E-state index contributed by atoms with van der Waals surface area (Å²) in [6, 6.07) is 15.5. The van der Waals surface area contributed by atoms with Crippen molar-refractivity contribution in [3.8, 4) is 17.3 Å². The number of pyridine rings is 1. The van der Waals surface area contributed by atoms with Crippen molar-refractivity contribution >= 4 is 37.3 Å². The fourth-order valence-corrected chi connectivity index (χ4v) is 5.81. The molecule has 0 amide bonds. The molecule has 1 aliphatic rings. The number of fused-ring (bicyclic) bond motifs is 4. The van der Waals surface area contributed by atoms with E-state index in [1.807, 2.05) is 29.7 Å². The maximum absolute atomic E-state index is 10.0. The Morgan fingerprint density at radius 1 is 1.24 bits per heavy atom. The summed E-state index contributed by atoms with van der Waals surface area (Å²) in [5.41, 5.74) is 7.08. The molecule has 0 spiro atoms. The molecule has 2 aromatic carbocycles. The number of carbonyl (C=O) groups is 1. The average molecular weight is 646 g/mol. The van der Waals surface area contributed by atoms with Gasteiger partial charge in [0, 0.05) is 58.9 Å². The third kappa shape index (κ3) is 5.28. The van der Waals surface area contributed by atoms with Gasteiger partial charge in [-0.1, -0.05) is 0 Å². The third-order valence-corrected chi connectivity index (χ3v) is 7.04. The number of hydrogen-bond donors (Lipinski definition) is 1. The van der Waals surface area contributed by atoms with Crippen molar-refractivity contribution in [2.45, 2.75) is 46.5 Å². The van der Waals surface area contributed by atoms with Crippen LogP contribution in [0.25, 0.3) is 31.4 Å². The molecule has 5 rings (SSSR count). The maximum atomic E-state index is 10.0. The van der Waals surface area contributed by atoms with E-state index in [1.54, 1.807) is 11.6 Å². The number of nitrogens with zero attached hydrogens (tertiary/aromatic N) is 2. The van der Waals surface area contributed by atoms with Gasteiger partial charge >= 0.3 is 0 Å². The zero-order valence-electron chi connectivity index (χ0n) is 19.4. The Labute approximate surface area is 217 Å². The first kappa shape index (κ1) is 25.8. The van der Waals surface area contributed by atoms with Crippen molar-refractivity contribution < 1.29 is 30.0 Å². The van der Waals surface area contributed by atoms with E-state index in [0.717, 1.165) is 11.3 Å². The quantitative estimate of drug-likeness (QED) is 0.145. The van der Waals surface area contributed by atoms with E-state index < -0.39 is 0 Å². The monoisotopic (exact) mass is 646 g/mol. The zero-order valence-corrected chi connectivity index (χ0v) is 22.6. The van der Waals surface area contributed by atoms with Crippen LogP contribution < -0.4 is 0 Å². The number of allylic oxidation sites excluding steroid dienone is 2. The van der Waals surface area contributed by atoms with E-state index in [2.05, 4.69) is 36.2 Å². The Morgan fingerprint density at radius 3 is 2.62 bits per heavy atom. The topological polar surface area (TPSA) is 74.0 Å². The standard InChI is InChI=1S/C23H17N2S.C5H8O2.Ir/c1-14-18-5-3-2-4-17(18)12-20-21(14)19-10-11-25-22(23(19)26-20)16-8-6-15(13-24)7-9-16;1-4(6)3-5(2)7;/h6-8,10-12H,2-5H2,1H3;3,6H,1-2H3;/q-1;;/b;4-3-;. The summed E-state index contributed by atoms with van der Waals surface area (Å²) in [4.78, 5) is 14.7. The number of ketones is 1. The van der Waals surface area contributed by atoms with E-state index in [9.17, 15) is 4.79 Å². The van der Waals surface area contributed by atoms with E-state index >= 15 is 0 Å². The molecule has 4 nitrogen and oxygen atoms in total. The summed E-state index contributed by atoms with van der Waals surface area (Å²) < 4.78 is 2.58. The normalized spacial score (nSPS) is 12.8. The molecule has 0 saturated heterocycles. The van der Waals surface area contributed by atoms with E-state index in [-0.39, 0.29) is 31.6 Å². The molecule has 0 saturated carbocycles. The second kappa shape index (κ2) is 11.1. The van der Waals surface area contributed by atoms with E-state index in [4.69, 9.17) is 10.4 Å².